The molecule has 122 valence electrons. The lowest BCUT2D eigenvalue weighted by Crippen LogP contribution is -1.97. The van der Waals surface area contributed by atoms with Crippen molar-refractivity contribution < 1.29 is 9.26 Å². The summed E-state index contributed by atoms with van der Waals surface area (Å²) in [6, 6.07) is 7.66. The molecule has 0 aliphatic carbocycles. The molecule has 0 fully saturated rings. The topological polar surface area (TPSA) is 71.1 Å². The molecule has 0 saturated heterocycles. The molecule has 0 unspecified atom stereocenters. The Hall–Kier alpha value is -3.26. The fourth-order valence-corrected chi connectivity index (χ4v) is 2.29. The first-order chi connectivity index (χ1) is 11.4. The summed E-state index contributed by atoms with van der Waals surface area (Å²) in [5.41, 5.74) is 4.47. The molecule has 0 bridgehead atoms. The monoisotopic (exact) mass is 321 g/mol. The molecule has 2 rings (SSSR count). The second-order valence-electron chi connectivity index (χ2n) is 5.26. The van der Waals surface area contributed by atoms with E-state index in [1.54, 1.807) is 25.3 Å². The van der Waals surface area contributed by atoms with Gasteiger partial charge >= 0.3 is 0 Å². The molecule has 0 atom stereocenters. The number of aromatic nitrogens is 1. The van der Waals surface area contributed by atoms with Crippen LogP contribution in [0.1, 0.15) is 17.0 Å². The lowest BCUT2D eigenvalue weighted by Gasteiger charge is -2.10. The minimum absolute atomic E-state index is 0.528. The largest absolute Gasteiger partial charge is 0.497 e. The maximum absolute atomic E-state index is 9.28. The van der Waals surface area contributed by atoms with Crippen molar-refractivity contribution >= 4 is 5.69 Å². The van der Waals surface area contributed by atoms with Gasteiger partial charge in [0.25, 0.3) is 0 Å². The van der Waals surface area contributed by atoms with E-state index in [2.05, 4.69) is 29.7 Å². The fourth-order valence-electron chi connectivity index (χ4n) is 2.29. The number of ether oxygens (including phenoxy) is 1. The second kappa shape index (κ2) is 7.34. The van der Waals surface area contributed by atoms with Gasteiger partial charge in [-0.3, -0.25) is 0 Å². The average Bonchev–Trinajstić information content (AvgIpc) is 2.90. The van der Waals surface area contributed by atoms with Crippen LogP contribution in [0.15, 0.2) is 59.5 Å². The van der Waals surface area contributed by atoms with Crippen LogP contribution in [0.2, 0.25) is 0 Å². The number of allylic oxidation sites excluding steroid dienone is 2. The predicted molar refractivity (Wildman–Crippen MR) is 94.2 cm³/mol. The summed E-state index contributed by atoms with van der Waals surface area (Å²) in [6.07, 6.45) is 3.46. The molecule has 0 aliphatic heterocycles. The maximum Gasteiger partial charge on any atom is 0.141 e. The highest BCUT2D eigenvalue weighted by Gasteiger charge is 2.13. The number of nitrogens with zero attached hydrogens (tertiary/aromatic N) is 2. The first kappa shape index (κ1) is 17.1. The van der Waals surface area contributed by atoms with Crippen LogP contribution >= 0.6 is 0 Å². The summed E-state index contributed by atoms with van der Waals surface area (Å²) >= 11 is 0. The molecule has 0 radical (unpaired) electrons. The molecule has 1 aromatic heterocycles. The molecule has 24 heavy (non-hydrogen) atoms. The Kier molecular flexibility index (Phi) is 5.23. The van der Waals surface area contributed by atoms with Gasteiger partial charge in [-0.05, 0) is 49.8 Å². The van der Waals surface area contributed by atoms with Gasteiger partial charge < -0.3 is 14.6 Å². The van der Waals surface area contributed by atoms with Crippen molar-refractivity contribution in [2.75, 3.05) is 12.4 Å². The number of rotatable bonds is 6. The van der Waals surface area contributed by atoms with Crippen LogP contribution in [-0.2, 0) is 4.74 Å². The Morgan fingerprint density at radius 1 is 1.29 bits per heavy atom. The fraction of sp³-hybridized carbons (Fsp3) is 0.158. The highest BCUT2D eigenvalue weighted by atomic mass is 16.5. The number of hydrogen-bond acceptors (Lipinski definition) is 5. The van der Waals surface area contributed by atoms with Crippen LogP contribution in [0.5, 0.6) is 0 Å². The van der Waals surface area contributed by atoms with Crippen molar-refractivity contribution in [3.8, 4) is 17.2 Å². The van der Waals surface area contributed by atoms with Gasteiger partial charge in [-0.15, -0.1) is 0 Å². The van der Waals surface area contributed by atoms with Gasteiger partial charge in [0.1, 0.15) is 11.5 Å². The Bertz CT molecular complexity index is 834. The van der Waals surface area contributed by atoms with E-state index in [1.807, 2.05) is 26.0 Å². The molecule has 1 aromatic carbocycles. The SMILES string of the molecule is C=C(/C=C\C(=C)OC)Nc1cc(C#N)cc(-c2c(C)noc2C)c1. The van der Waals surface area contributed by atoms with Crippen LogP contribution in [0.3, 0.4) is 0 Å². The van der Waals surface area contributed by atoms with E-state index >= 15 is 0 Å². The molecule has 2 aromatic rings. The number of nitriles is 1. The predicted octanol–water partition coefficient (Wildman–Crippen LogP) is 4.47. The standard InChI is InChI=1S/C19H19N3O2/c1-12(6-7-13(2)23-5)21-18-9-16(11-20)8-17(10-18)19-14(3)22-24-15(19)4/h6-10,21H,1-2H2,3-5H3/b7-6-. The van der Waals surface area contributed by atoms with Gasteiger partial charge in [0.05, 0.1) is 24.4 Å². The summed E-state index contributed by atoms with van der Waals surface area (Å²) in [5, 5.41) is 16.4. The molecule has 0 saturated carbocycles. The molecule has 1 heterocycles. The van der Waals surface area contributed by atoms with E-state index in [0.717, 1.165) is 22.5 Å². The van der Waals surface area contributed by atoms with Gasteiger partial charge in [-0.1, -0.05) is 18.3 Å². The van der Waals surface area contributed by atoms with Crippen molar-refractivity contribution in [3.05, 3.63) is 72.0 Å². The quantitative estimate of drug-likeness (QED) is 0.627. The molecule has 5 nitrogen and oxygen atoms in total. The minimum Gasteiger partial charge on any atom is -0.497 e. The first-order valence-corrected chi connectivity index (χ1v) is 7.30. The third-order valence-corrected chi connectivity index (χ3v) is 3.42. The van der Waals surface area contributed by atoms with Crippen molar-refractivity contribution in [1.82, 2.24) is 5.16 Å². The number of nitrogens with one attached hydrogen (secondary N) is 1. The molecular formula is C19H19N3O2. The number of anilines is 1. The molecule has 0 amide bonds. The summed E-state index contributed by atoms with van der Waals surface area (Å²) < 4.78 is 10.2. The normalized spacial score (nSPS) is 10.4. The Labute approximate surface area is 141 Å². The number of hydrogen-bond donors (Lipinski definition) is 1. The van der Waals surface area contributed by atoms with Crippen LogP contribution in [-0.4, -0.2) is 12.3 Å². The van der Waals surface area contributed by atoms with Crippen molar-refractivity contribution in [3.63, 3.8) is 0 Å². The minimum atomic E-state index is 0.528. The average molecular weight is 321 g/mol. The Balaban J connectivity index is 2.34. The number of benzene rings is 1. The van der Waals surface area contributed by atoms with E-state index in [9.17, 15) is 5.26 Å². The lowest BCUT2D eigenvalue weighted by molar-refractivity contribution is 0.309. The van der Waals surface area contributed by atoms with E-state index < -0.39 is 0 Å². The molecule has 5 heteroatoms. The third-order valence-electron chi connectivity index (χ3n) is 3.42. The molecular weight excluding hydrogens is 302 g/mol. The van der Waals surface area contributed by atoms with Crippen molar-refractivity contribution in [2.24, 2.45) is 0 Å². The highest BCUT2D eigenvalue weighted by molar-refractivity contribution is 5.74. The van der Waals surface area contributed by atoms with Gasteiger partial charge in [-0.2, -0.15) is 5.26 Å². The zero-order chi connectivity index (χ0) is 17.7. The smallest absolute Gasteiger partial charge is 0.141 e. The number of aryl methyl sites for hydroxylation is 2. The summed E-state index contributed by atoms with van der Waals surface area (Å²) in [4.78, 5) is 0. The summed E-state index contributed by atoms with van der Waals surface area (Å²) in [6.45, 7) is 11.4. The van der Waals surface area contributed by atoms with Gasteiger partial charge in [0.15, 0.2) is 0 Å². The summed E-state index contributed by atoms with van der Waals surface area (Å²) in [5.74, 6) is 1.24. The Morgan fingerprint density at radius 2 is 2.04 bits per heavy atom. The van der Waals surface area contributed by atoms with Crippen molar-refractivity contribution in [2.45, 2.75) is 13.8 Å². The molecule has 0 spiro atoms. The van der Waals surface area contributed by atoms with Gasteiger partial charge in [0.2, 0.25) is 0 Å². The third kappa shape index (κ3) is 3.93. The van der Waals surface area contributed by atoms with Crippen LogP contribution in [0, 0.1) is 25.2 Å². The highest BCUT2D eigenvalue weighted by Crippen LogP contribution is 2.30. The number of methoxy groups -OCH3 is 1. The van der Waals surface area contributed by atoms with Gasteiger partial charge in [0, 0.05) is 16.9 Å². The lowest BCUT2D eigenvalue weighted by atomic mass is 10.0. The first-order valence-electron chi connectivity index (χ1n) is 7.30. The zero-order valence-electron chi connectivity index (χ0n) is 14.0. The van der Waals surface area contributed by atoms with Crippen LogP contribution < -0.4 is 5.32 Å². The maximum atomic E-state index is 9.28. The van der Waals surface area contributed by atoms with Crippen LogP contribution in [0.4, 0.5) is 5.69 Å². The van der Waals surface area contributed by atoms with E-state index in [0.29, 0.717) is 22.8 Å². The second-order valence-corrected chi connectivity index (χ2v) is 5.26. The van der Waals surface area contributed by atoms with E-state index in [1.165, 1.54) is 0 Å². The van der Waals surface area contributed by atoms with E-state index in [4.69, 9.17) is 9.26 Å². The van der Waals surface area contributed by atoms with Gasteiger partial charge in [-0.25, -0.2) is 0 Å². The molecule has 0 aliphatic rings. The summed E-state index contributed by atoms with van der Waals surface area (Å²) in [7, 11) is 1.55. The van der Waals surface area contributed by atoms with Crippen molar-refractivity contribution in [1.29, 1.82) is 5.26 Å². The van der Waals surface area contributed by atoms with Crippen LogP contribution in [0.25, 0.3) is 11.1 Å². The Morgan fingerprint density at radius 3 is 2.62 bits per heavy atom. The van der Waals surface area contributed by atoms with E-state index in [-0.39, 0.29) is 0 Å². The molecule has 1 N–H and O–H groups in total. The zero-order valence-corrected chi connectivity index (χ0v) is 14.0.